The monoisotopic (exact) mass is 356 g/mol. The Morgan fingerprint density at radius 3 is 2.52 bits per heavy atom. The number of fused-ring (bicyclic) bond motifs is 3. The van der Waals surface area contributed by atoms with Crippen LogP contribution >= 0.6 is 0 Å². The number of hydrogen-bond acceptors (Lipinski definition) is 0. The van der Waals surface area contributed by atoms with E-state index in [4.69, 9.17) is 0 Å². The van der Waals surface area contributed by atoms with E-state index in [1.54, 1.807) is 0 Å². The second-order valence-corrected chi connectivity index (χ2v) is 8.18. The fourth-order valence-corrected chi connectivity index (χ4v) is 5.49. The Morgan fingerprint density at radius 1 is 0.913 bits per heavy atom. The van der Waals surface area contributed by atoms with Crippen LogP contribution in [0.4, 0.5) is 0 Å². The van der Waals surface area contributed by atoms with Crippen molar-refractivity contribution in [3.63, 3.8) is 0 Å². The maximum atomic E-state index is 3.38. The standard InChI is InChI=1S/C21H17Se.Li/c1-14(2)16-11-12-20-19(13-16)18-10-6-9-17(21(18)22-20)15-7-4-3-5-8-15;/h3-7,9-14H,1-2H3;/q-1;+1. The molecule has 1 aromatic heterocycles. The van der Waals surface area contributed by atoms with Crippen LogP contribution in [0.1, 0.15) is 25.3 Å². The molecule has 0 aliphatic heterocycles. The molecular formula is C21H17LiSe. The van der Waals surface area contributed by atoms with Crippen LogP contribution < -0.4 is 18.9 Å². The van der Waals surface area contributed by atoms with Gasteiger partial charge in [-0.3, -0.25) is 0 Å². The average molecular weight is 355 g/mol. The van der Waals surface area contributed by atoms with Gasteiger partial charge in [-0.1, -0.05) is 0 Å². The first-order chi connectivity index (χ1) is 10.7. The van der Waals surface area contributed by atoms with Crippen LogP contribution in [0.3, 0.4) is 0 Å². The molecule has 0 unspecified atom stereocenters. The van der Waals surface area contributed by atoms with Crippen molar-refractivity contribution in [1.29, 1.82) is 0 Å². The van der Waals surface area contributed by atoms with E-state index in [1.165, 1.54) is 36.0 Å². The molecule has 0 bridgehead atoms. The average Bonchev–Trinajstić information content (AvgIpc) is 2.93. The van der Waals surface area contributed by atoms with E-state index >= 15 is 0 Å². The van der Waals surface area contributed by atoms with Gasteiger partial charge in [0.15, 0.2) is 0 Å². The molecule has 3 aromatic carbocycles. The Balaban J connectivity index is 0.00000156. The van der Waals surface area contributed by atoms with Gasteiger partial charge >= 0.3 is 156 Å². The Hall–Kier alpha value is -1.22. The summed E-state index contributed by atoms with van der Waals surface area (Å²) in [6.45, 7) is 4.52. The van der Waals surface area contributed by atoms with Gasteiger partial charge in [-0.15, -0.1) is 0 Å². The van der Waals surface area contributed by atoms with Crippen LogP contribution in [0.5, 0.6) is 0 Å². The van der Waals surface area contributed by atoms with Crippen molar-refractivity contribution in [1.82, 2.24) is 0 Å². The summed E-state index contributed by atoms with van der Waals surface area (Å²) in [6.07, 6.45) is 0. The molecule has 4 rings (SSSR count). The molecule has 0 radical (unpaired) electrons. The van der Waals surface area contributed by atoms with E-state index in [2.05, 4.69) is 68.4 Å². The first-order valence-corrected chi connectivity index (χ1v) is 9.37. The molecule has 0 saturated heterocycles. The summed E-state index contributed by atoms with van der Waals surface area (Å²) in [6, 6.07) is 25.4. The molecule has 0 aliphatic rings. The summed E-state index contributed by atoms with van der Waals surface area (Å²) in [7, 11) is 0. The van der Waals surface area contributed by atoms with Crippen molar-refractivity contribution < 1.29 is 18.9 Å². The SMILES string of the molecule is CC(C)c1ccc2[se]c3c(-c4[c-]cccc4)cccc3c2c1.[Li+]. The largest absolute Gasteiger partial charge is 1.00 e. The summed E-state index contributed by atoms with van der Waals surface area (Å²) in [5.74, 6) is 0.576. The van der Waals surface area contributed by atoms with Gasteiger partial charge in [0.2, 0.25) is 0 Å². The van der Waals surface area contributed by atoms with Gasteiger partial charge < -0.3 is 0 Å². The van der Waals surface area contributed by atoms with Crippen LogP contribution in [0.15, 0.2) is 60.7 Å². The summed E-state index contributed by atoms with van der Waals surface area (Å²) in [4.78, 5) is 0. The van der Waals surface area contributed by atoms with Crippen LogP contribution in [0.2, 0.25) is 0 Å². The summed E-state index contributed by atoms with van der Waals surface area (Å²) in [5, 5.41) is 2.87. The van der Waals surface area contributed by atoms with Gasteiger partial charge in [0.25, 0.3) is 0 Å². The van der Waals surface area contributed by atoms with Crippen LogP contribution in [0.25, 0.3) is 30.4 Å². The molecule has 0 atom stereocenters. The second-order valence-electron chi connectivity index (χ2n) is 5.97. The van der Waals surface area contributed by atoms with Crippen LogP contribution in [0, 0.1) is 6.07 Å². The Bertz CT molecular complexity index is 952. The first kappa shape index (κ1) is 16.6. The van der Waals surface area contributed by atoms with E-state index in [0.29, 0.717) is 20.4 Å². The van der Waals surface area contributed by atoms with Crippen molar-refractivity contribution in [2.75, 3.05) is 0 Å². The molecule has 0 nitrogen and oxygen atoms in total. The maximum Gasteiger partial charge on any atom is 1.00 e. The van der Waals surface area contributed by atoms with E-state index in [0.717, 1.165) is 0 Å². The van der Waals surface area contributed by atoms with Gasteiger partial charge in [0.05, 0.1) is 0 Å². The Labute approximate surface area is 155 Å². The van der Waals surface area contributed by atoms with Crippen molar-refractivity contribution in [2.45, 2.75) is 19.8 Å². The molecule has 1 heterocycles. The Kier molecular flexibility index (Phi) is 4.86. The topological polar surface area (TPSA) is 0 Å². The van der Waals surface area contributed by atoms with Crippen molar-refractivity contribution >= 4 is 33.8 Å². The van der Waals surface area contributed by atoms with Gasteiger partial charge in [-0.2, -0.15) is 0 Å². The predicted molar refractivity (Wildman–Crippen MR) is 96.8 cm³/mol. The molecule has 2 heteroatoms. The minimum atomic E-state index is 0. The zero-order valence-corrected chi connectivity index (χ0v) is 15.5. The molecule has 0 spiro atoms. The van der Waals surface area contributed by atoms with Crippen molar-refractivity contribution in [3.8, 4) is 11.1 Å². The smallest absolute Gasteiger partial charge is 1.00 e. The van der Waals surface area contributed by atoms with Crippen LogP contribution in [-0.2, 0) is 0 Å². The van der Waals surface area contributed by atoms with Crippen LogP contribution in [-0.4, -0.2) is 14.5 Å². The minimum absolute atomic E-state index is 0. The summed E-state index contributed by atoms with van der Waals surface area (Å²) >= 11 is 0.389. The molecule has 0 amide bonds. The third-order valence-corrected chi connectivity index (χ3v) is 6.75. The molecule has 23 heavy (non-hydrogen) atoms. The zero-order chi connectivity index (χ0) is 15.1. The van der Waals surface area contributed by atoms with Gasteiger partial charge in [0.1, 0.15) is 0 Å². The Morgan fingerprint density at radius 2 is 1.78 bits per heavy atom. The fraction of sp³-hybridized carbons (Fsp3) is 0.143. The van der Waals surface area contributed by atoms with Crippen molar-refractivity contribution in [2.24, 2.45) is 0 Å². The van der Waals surface area contributed by atoms with Gasteiger partial charge in [-0.25, -0.2) is 0 Å². The van der Waals surface area contributed by atoms with Crippen molar-refractivity contribution in [3.05, 3.63) is 72.3 Å². The fourth-order valence-electron chi connectivity index (χ4n) is 2.95. The molecule has 108 valence electrons. The number of rotatable bonds is 2. The molecule has 0 fully saturated rings. The van der Waals surface area contributed by atoms with E-state index < -0.39 is 0 Å². The molecule has 4 aromatic rings. The third kappa shape index (κ3) is 2.96. The number of benzene rings is 3. The number of hydrogen-bond donors (Lipinski definition) is 0. The van der Waals surface area contributed by atoms with E-state index in [-0.39, 0.29) is 18.9 Å². The zero-order valence-electron chi connectivity index (χ0n) is 13.8. The molecule has 0 aliphatic carbocycles. The van der Waals surface area contributed by atoms with Gasteiger partial charge in [-0.05, 0) is 0 Å². The third-order valence-electron chi connectivity index (χ3n) is 4.19. The van der Waals surface area contributed by atoms with Gasteiger partial charge in [0, 0.05) is 0 Å². The van der Waals surface area contributed by atoms with E-state index in [1.807, 2.05) is 12.1 Å². The minimum Gasteiger partial charge on any atom is 1.00 e. The normalized spacial score (nSPS) is 11.1. The quantitative estimate of drug-likeness (QED) is 0.383. The van der Waals surface area contributed by atoms with E-state index in [9.17, 15) is 0 Å². The molecule has 0 saturated carbocycles. The maximum absolute atomic E-state index is 3.38. The first-order valence-electron chi connectivity index (χ1n) is 7.66. The molecule has 0 N–H and O–H groups in total. The summed E-state index contributed by atoms with van der Waals surface area (Å²) in [5.41, 5.74) is 3.98. The molecular weight excluding hydrogens is 338 g/mol. The predicted octanol–water partition coefficient (Wildman–Crippen LogP) is 2.64. The summed E-state index contributed by atoms with van der Waals surface area (Å²) < 4.78 is 3.02. The second kappa shape index (κ2) is 6.72.